The number of aliphatic hydroxyl groups excluding tert-OH is 1. The van der Waals surface area contributed by atoms with Gasteiger partial charge in [0.2, 0.25) is 5.91 Å². The minimum absolute atomic E-state index is 0.0389. The molecular weight excluding hydrogens is 258 g/mol. The van der Waals surface area contributed by atoms with Crippen molar-refractivity contribution in [2.24, 2.45) is 0 Å². The molecule has 1 aromatic carbocycles. The number of amides is 1. The lowest BCUT2D eigenvalue weighted by Crippen LogP contribution is -2.51. The molecule has 0 aliphatic heterocycles. The molecule has 1 rings (SSSR count). The molecule has 0 heterocycles. The second kappa shape index (κ2) is 6.96. The lowest BCUT2D eigenvalue weighted by atomic mass is 9.99. The van der Waals surface area contributed by atoms with E-state index in [0.29, 0.717) is 5.75 Å². The van der Waals surface area contributed by atoms with E-state index < -0.39 is 11.6 Å². The standard InChI is InChI=1S/C15H23NO2S/c1-11-5-7-13(8-6-11)9-19-10-14(18)16-15(3,4)12(2)17/h5-8,12,17H,9-10H2,1-4H3,(H,16,18). The van der Waals surface area contributed by atoms with Crippen molar-refractivity contribution in [2.75, 3.05) is 5.75 Å². The van der Waals surface area contributed by atoms with Crippen LogP contribution in [0.4, 0.5) is 0 Å². The molecule has 0 spiro atoms. The zero-order valence-corrected chi connectivity index (χ0v) is 12.9. The summed E-state index contributed by atoms with van der Waals surface area (Å²) in [6.07, 6.45) is -0.571. The van der Waals surface area contributed by atoms with Gasteiger partial charge < -0.3 is 10.4 Å². The van der Waals surface area contributed by atoms with Crippen molar-refractivity contribution >= 4 is 17.7 Å². The van der Waals surface area contributed by atoms with Gasteiger partial charge in [0.25, 0.3) is 0 Å². The van der Waals surface area contributed by atoms with Crippen LogP contribution >= 0.6 is 11.8 Å². The number of thioether (sulfide) groups is 1. The zero-order chi connectivity index (χ0) is 14.5. The average Bonchev–Trinajstić information content (AvgIpc) is 2.31. The van der Waals surface area contributed by atoms with Gasteiger partial charge >= 0.3 is 0 Å². The number of benzene rings is 1. The zero-order valence-electron chi connectivity index (χ0n) is 12.1. The molecule has 0 aliphatic rings. The highest BCUT2D eigenvalue weighted by molar-refractivity contribution is 7.99. The summed E-state index contributed by atoms with van der Waals surface area (Å²) in [6.45, 7) is 7.38. The Morgan fingerprint density at radius 2 is 1.95 bits per heavy atom. The molecule has 3 nitrogen and oxygen atoms in total. The van der Waals surface area contributed by atoms with Crippen LogP contribution in [-0.4, -0.2) is 28.4 Å². The summed E-state index contributed by atoms with van der Waals surface area (Å²) >= 11 is 1.58. The van der Waals surface area contributed by atoms with Gasteiger partial charge in [-0.15, -0.1) is 11.8 Å². The van der Waals surface area contributed by atoms with Gasteiger partial charge in [-0.3, -0.25) is 4.79 Å². The third-order valence-electron chi connectivity index (χ3n) is 3.13. The predicted molar refractivity (Wildman–Crippen MR) is 81.2 cm³/mol. The fourth-order valence-electron chi connectivity index (χ4n) is 1.45. The smallest absolute Gasteiger partial charge is 0.230 e. The summed E-state index contributed by atoms with van der Waals surface area (Å²) in [6, 6.07) is 8.32. The van der Waals surface area contributed by atoms with Crippen LogP contribution in [0.3, 0.4) is 0 Å². The number of aryl methyl sites for hydroxylation is 1. The molecule has 1 unspecified atom stereocenters. The number of hydrogen-bond acceptors (Lipinski definition) is 3. The summed E-state index contributed by atoms with van der Waals surface area (Å²) < 4.78 is 0. The lowest BCUT2D eigenvalue weighted by Gasteiger charge is -2.29. The van der Waals surface area contributed by atoms with Gasteiger partial charge in [0.15, 0.2) is 0 Å². The number of carbonyl (C=O) groups excluding carboxylic acids is 1. The van der Waals surface area contributed by atoms with Crippen molar-refractivity contribution in [1.82, 2.24) is 5.32 Å². The van der Waals surface area contributed by atoms with Gasteiger partial charge in [-0.25, -0.2) is 0 Å². The van der Waals surface area contributed by atoms with E-state index in [0.717, 1.165) is 5.75 Å². The van der Waals surface area contributed by atoms with Crippen molar-refractivity contribution in [2.45, 2.75) is 45.1 Å². The minimum Gasteiger partial charge on any atom is -0.391 e. The maximum atomic E-state index is 11.8. The first-order valence-corrected chi connectivity index (χ1v) is 7.59. The van der Waals surface area contributed by atoms with Gasteiger partial charge in [0.05, 0.1) is 17.4 Å². The quantitative estimate of drug-likeness (QED) is 0.842. The van der Waals surface area contributed by atoms with Crippen molar-refractivity contribution in [3.8, 4) is 0 Å². The van der Waals surface area contributed by atoms with E-state index in [1.807, 2.05) is 13.8 Å². The van der Waals surface area contributed by atoms with Crippen LogP contribution in [-0.2, 0) is 10.5 Å². The highest BCUT2D eigenvalue weighted by atomic mass is 32.2. The molecule has 4 heteroatoms. The SMILES string of the molecule is Cc1ccc(CSCC(=O)NC(C)(C)C(C)O)cc1. The highest BCUT2D eigenvalue weighted by Gasteiger charge is 2.25. The Labute approximate surface area is 119 Å². The van der Waals surface area contributed by atoms with E-state index >= 15 is 0 Å². The molecule has 1 atom stereocenters. The molecule has 1 aromatic rings. The molecular formula is C15H23NO2S. The molecule has 0 saturated heterocycles. The van der Waals surface area contributed by atoms with Crippen LogP contribution in [0, 0.1) is 6.92 Å². The lowest BCUT2D eigenvalue weighted by molar-refractivity contribution is -0.121. The van der Waals surface area contributed by atoms with Crippen LogP contribution in [0.25, 0.3) is 0 Å². The van der Waals surface area contributed by atoms with Crippen LogP contribution in [0.5, 0.6) is 0 Å². The Bertz CT molecular complexity index is 413. The normalized spacial score (nSPS) is 13.1. The fraction of sp³-hybridized carbons (Fsp3) is 0.533. The van der Waals surface area contributed by atoms with Crippen LogP contribution in [0.15, 0.2) is 24.3 Å². The van der Waals surface area contributed by atoms with Gasteiger partial charge in [0.1, 0.15) is 0 Å². The van der Waals surface area contributed by atoms with Gasteiger partial charge in [-0.2, -0.15) is 0 Å². The summed E-state index contributed by atoms with van der Waals surface area (Å²) in [5, 5.41) is 12.4. The molecule has 2 N–H and O–H groups in total. The number of carbonyl (C=O) groups is 1. The number of aliphatic hydroxyl groups is 1. The molecule has 106 valence electrons. The van der Waals surface area contributed by atoms with Gasteiger partial charge in [-0.05, 0) is 33.3 Å². The number of rotatable bonds is 6. The van der Waals surface area contributed by atoms with E-state index in [9.17, 15) is 9.90 Å². The highest BCUT2D eigenvalue weighted by Crippen LogP contribution is 2.14. The largest absolute Gasteiger partial charge is 0.391 e. The number of hydrogen-bond donors (Lipinski definition) is 2. The molecule has 0 saturated carbocycles. The topological polar surface area (TPSA) is 49.3 Å². The van der Waals surface area contributed by atoms with E-state index in [2.05, 4.69) is 36.5 Å². The fourth-order valence-corrected chi connectivity index (χ4v) is 2.23. The van der Waals surface area contributed by atoms with E-state index in [1.165, 1.54) is 11.1 Å². The Kier molecular flexibility index (Phi) is 5.88. The molecule has 19 heavy (non-hydrogen) atoms. The summed E-state index contributed by atoms with van der Waals surface area (Å²) in [4.78, 5) is 11.8. The first-order valence-electron chi connectivity index (χ1n) is 6.43. The maximum absolute atomic E-state index is 11.8. The molecule has 0 bridgehead atoms. The molecule has 0 radical (unpaired) electrons. The van der Waals surface area contributed by atoms with E-state index in [4.69, 9.17) is 0 Å². The first-order chi connectivity index (χ1) is 8.81. The van der Waals surface area contributed by atoms with Crippen molar-refractivity contribution < 1.29 is 9.90 Å². The molecule has 0 aliphatic carbocycles. The minimum atomic E-state index is -0.582. The van der Waals surface area contributed by atoms with Gasteiger partial charge in [-0.1, -0.05) is 29.8 Å². The molecule has 0 aromatic heterocycles. The average molecular weight is 281 g/mol. The summed E-state index contributed by atoms with van der Waals surface area (Å²) in [5.41, 5.74) is 1.88. The maximum Gasteiger partial charge on any atom is 0.230 e. The van der Waals surface area contributed by atoms with E-state index in [-0.39, 0.29) is 5.91 Å². The Hall–Kier alpha value is -1.00. The molecule has 1 amide bonds. The Morgan fingerprint density at radius 3 is 2.47 bits per heavy atom. The van der Waals surface area contributed by atoms with Crippen LogP contribution in [0.2, 0.25) is 0 Å². The third-order valence-corrected chi connectivity index (χ3v) is 4.13. The Balaban J connectivity index is 2.33. The monoisotopic (exact) mass is 281 g/mol. The summed E-state index contributed by atoms with van der Waals surface area (Å²) in [5.74, 6) is 1.19. The van der Waals surface area contributed by atoms with Crippen LogP contribution in [0.1, 0.15) is 31.9 Å². The summed E-state index contributed by atoms with van der Waals surface area (Å²) in [7, 11) is 0. The predicted octanol–water partition coefficient (Wildman–Crippen LogP) is 2.50. The number of nitrogens with one attached hydrogen (secondary N) is 1. The van der Waals surface area contributed by atoms with Crippen LogP contribution < -0.4 is 5.32 Å². The van der Waals surface area contributed by atoms with E-state index in [1.54, 1.807) is 18.7 Å². The second-order valence-corrected chi connectivity index (χ2v) is 6.41. The second-order valence-electron chi connectivity index (χ2n) is 5.42. The Morgan fingerprint density at radius 1 is 1.37 bits per heavy atom. The molecule has 0 fully saturated rings. The first kappa shape index (κ1) is 16.1. The van der Waals surface area contributed by atoms with Crippen molar-refractivity contribution in [1.29, 1.82) is 0 Å². The van der Waals surface area contributed by atoms with Crippen molar-refractivity contribution in [3.05, 3.63) is 35.4 Å². The van der Waals surface area contributed by atoms with Crippen molar-refractivity contribution in [3.63, 3.8) is 0 Å². The van der Waals surface area contributed by atoms with Gasteiger partial charge in [0, 0.05) is 5.75 Å². The third kappa shape index (κ3) is 5.66.